The molecule has 0 spiro atoms. The Labute approximate surface area is 152 Å². The predicted molar refractivity (Wildman–Crippen MR) is 101 cm³/mol. The Morgan fingerprint density at radius 1 is 1.36 bits per heavy atom. The summed E-state index contributed by atoms with van der Waals surface area (Å²) < 4.78 is 5.61. The monoisotopic (exact) mass is 352 g/mol. The fraction of sp³-hybridized carbons (Fsp3) is 0.895. The zero-order valence-electron chi connectivity index (χ0n) is 16.1. The molecule has 0 radical (unpaired) electrons. The highest BCUT2D eigenvalue weighted by Crippen LogP contribution is 2.40. The first-order valence-electron chi connectivity index (χ1n) is 9.90. The first-order chi connectivity index (χ1) is 12.1. The number of ether oxygens (including phenoxy) is 1. The van der Waals surface area contributed by atoms with E-state index in [9.17, 15) is 4.79 Å². The van der Waals surface area contributed by atoms with Crippen molar-refractivity contribution in [2.75, 3.05) is 39.9 Å². The van der Waals surface area contributed by atoms with Gasteiger partial charge in [0.15, 0.2) is 5.96 Å². The van der Waals surface area contributed by atoms with Crippen molar-refractivity contribution in [3.8, 4) is 0 Å². The molecule has 144 valence electrons. The number of nitrogens with two attached hydrogens (primary N) is 1. The zero-order valence-corrected chi connectivity index (χ0v) is 16.1. The number of likely N-dealkylation sites (tertiary alicyclic amines) is 1. The number of rotatable bonds is 8. The lowest BCUT2D eigenvalue weighted by molar-refractivity contribution is -0.119. The number of guanidine groups is 1. The van der Waals surface area contributed by atoms with E-state index < -0.39 is 0 Å². The van der Waals surface area contributed by atoms with Crippen molar-refractivity contribution in [3.63, 3.8) is 0 Å². The molecule has 1 saturated carbocycles. The molecule has 25 heavy (non-hydrogen) atoms. The molecule has 0 bridgehead atoms. The Morgan fingerprint density at radius 3 is 2.76 bits per heavy atom. The average Bonchev–Trinajstić information content (AvgIpc) is 3.04. The highest BCUT2D eigenvalue weighted by molar-refractivity contribution is 5.80. The Bertz CT molecular complexity index is 447. The third-order valence-electron chi connectivity index (χ3n) is 5.79. The van der Waals surface area contributed by atoms with Crippen molar-refractivity contribution >= 4 is 11.9 Å². The van der Waals surface area contributed by atoms with Gasteiger partial charge in [-0.25, -0.2) is 0 Å². The first-order valence-corrected chi connectivity index (χ1v) is 9.90. The molecule has 6 heteroatoms. The van der Waals surface area contributed by atoms with E-state index in [1.54, 1.807) is 0 Å². The van der Waals surface area contributed by atoms with Gasteiger partial charge in [0.1, 0.15) is 0 Å². The van der Waals surface area contributed by atoms with Crippen LogP contribution in [0.3, 0.4) is 0 Å². The van der Waals surface area contributed by atoms with E-state index in [1.807, 2.05) is 7.05 Å². The van der Waals surface area contributed by atoms with E-state index in [0.29, 0.717) is 17.8 Å². The quantitative estimate of drug-likeness (QED) is 0.398. The van der Waals surface area contributed by atoms with Crippen LogP contribution in [0.5, 0.6) is 0 Å². The van der Waals surface area contributed by atoms with Gasteiger partial charge in [-0.05, 0) is 50.4 Å². The van der Waals surface area contributed by atoms with Crippen molar-refractivity contribution in [2.45, 2.75) is 58.3 Å². The maximum atomic E-state index is 11.2. The van der Waals surface area contributed by atoms with E-state index in [0.717, 1.165) is 58.1 Å². The number of hydrogen-bond donors (Lipinski definition) is 2. The molecule has 2 rings (SSSR count). The standard InChI is InChI=1S/C19H36N4O2/c1-3-25-12-10-19(8-4-5-9-19)15-22-18(21-2)23-11-6-7-16(14-23)13-17(20)24/h16H,3-15H2,1-2H3,(H2,20,24)(H,21,22). The molecule has 3 N–H and O–H groups in total. The number of hydrogen-bond acceptors (Lipinski definition) is 3. The van der Waals surface area contributed by atoms with Gasteiger partial charge < -0.3 is 20.7 Å². The van der Waals surface area contributed by atoms with E-state index in [1.165, 1.54) is 25.7 Å². The topological polar surface area (TPSA) is 79.9 Å². The van der Waals surface area contributed by atoms with Crippen LogP contribution < -0.4 is 11.1 Å². The van der Waals surface area contributed by atoms with Gasteiger partial charge in [0.05, 0.1) is 0 Å². The molecule has 1 amide bonds. The molecule has 6 nitrogen and oxygen atoms in total. The van der Waals surface area contributed by atoms with Gasteiger partial charge in [-0.15, -0.1) is 0 Å². The Morgan fingerprint density at radius 2 is 2.12 bits per heavy atom. The third kappa shape index (κ3) is 6.17. The smallest absolute Gasteiger partial charge is 0.217 e. The number of primary amides is 1. The number of carbonyl (C=O) groups is 1. The van der Waals surface area contributed by atoms with Crippen molar-refractivity contribution in [2.24, 2.45) is 22.1 Å². The molecule has 2 fully saturated rings. The summed E-state index contributed by atoms with van der Waals surface area (Å²) in [6, 6.07) is 0. The van der Waals surface area contributed by atoms with Crippen molar-refractivity contribution in [1.82, 2.24) is 10.2 Å². The maximum Gasteiger partial charge on any atom is 0.217 e. The van der Waals surface area contributed by atoms with Crippen LogP contribution in [0.1, 0.15) is 58.3 Å². The Balaban J connectivity index is 1.88. The second kappa shape index (κ2) is 10.00. The number of nitrogens with zero attached hydrogens (tertiary/aromatic N) is 2. The summed E-state index contributed by atoms with van der Waals surface area (Å²) in [5, 5.41) is 3.63. The predicted octanol–water partition coefficient (Wildman–Crippen LogP) is 2.14. The van der Waals surface area contributed by atoms with Gasteiger partial charge in [0.25, 0.3) is 0 Å². The third-order valence-corrected chi connectivity index (χ3v) is 5.79. The van der Waals surface area contributed by atoms with Gasteiger partial charge in [0.2, 0.25) is 5.91 Å². The molecule has 1 atom stereocenters. The molecule has 0 aromatic rings. The summed E-state index contributed by atoms with van der Waals surface area (Å²) in [4.78, 5) is 18.0. The molecule has 1 heterocycles. The molecule has 1 saturated heterocycles. The van der Waals surface area contributed by atoms with Crippen LogP contribution in [-0.2, 0) is 9.53 Å². The Hall–Kier alpha value is -1.30. The summed E-state index contributed by atoms with van der Waals surface area (Å²) in [5.74, 6) is 1.12. The van der Waals surface area contributed by atoms with Crippen LogP contribution in [0.4, 0.5) is 0 Å². The first kappa shape index (κ1) is 20.0. The summed E-state index contributed by atoms with van der Waals surface area (Å²) in [6.07, 6.45) is 8.94. The van der Waals surface area contributed by atoms with Crippen LogP contribution in [0.15, 0.2) is 4.99 Å². The normalized spacial score (nSPS) is 23.7. The Kier molecular flexibility index (Phi) is 8.00. The van der Waals surface area contributed by atoms with Crippen LogP contribution >= 0.6 is 0 Å². The molecule has 0 aromatic carbocycles. The molecule has 1 aliphatic heterocycles. The average molecular weight is 353 g/mol. The lowest BCUT2D eigenvalue weighted by Gasteiger charge is -2.37. The van der Waals surface area contributed by atoms with E-state index >= 15 is 0 Å². The molecular weight excluding hydrogens is 316 g/mol. The van der Waals surface area contributed by atoms with Crippen LogP contribution in [0.25, 0.3) is 0 Å². The van der Waals surface area contributed by atoms with Gasteiger partial charge >= 0.3 is 0 Å². The molecule has 1 unspecified atom stereocenters. The maximum absolute atomic E-state index is 11.2. The van der Waals surface area contributed by atoms with Gasteiger partial charge in [-0.1, -0.05) is 12.8 Å². The summed E-state index contributed by atoms with van der Waals surface area (Å²) >= 11 is 0. The lowest BCUT2D eigenvalue weighted by atomic mass is 9.83. The second-order valence-corrected chi connectivity index (χ2v) is 7.68. The number of nitrogens with one attached hydrogen (secondary N) is 1. The second-order valence-electron chi connectivity index (χ2n) is 7.68. The zero-order chi connectivity index (χ0) is 18.1. The minimum atomic E-state index is -0.198. The minimum Gasteiger partial charge on any atom is -0.382 e. The van der Waals surface area contributed by atoms with Crippen molar-refractivity contribution < 1.29 is 9.53 Å². The van der Waals surface area contributed by atoms with Crippen LogP contribution in [0.2, 0.25) is 0 Å². The molecule has 0 aromatic heterocycles. The highest BCUT2D eigenvalue weighted by atomic mass is 16.5. The SMILES string of the molecule is CCOCCC1(CNC(=NC)N2CCCC(CC(N)=O)C2)CCCC1. The summed E-state index contributed by atoms with van der Waals surface area (Å²) in [6.45, 7) is 6.53. The van der Waals surface area contributed by atoms with E-state index in [-0.39, 0.29) is 5.91 Å². The van der Waals surface area contributed by atoms with E-state index in [2.05, 4.69) is 22.1 Å². The summed E-state index contributed by atoms with van der Waals surface area (Å²) in [5.41, 5.74) is 5.72. The number of amides is 1. The van der Waals surface area contributed by atoms with Crippen molar-refractivity contribution in [1.29, 1.82) is 0 Å². The minimum absolute atomic E-state index is 0.198. The van der Waals surface area contributed by atoms with Crippen molar-refractivity contribution in [3.05, 3.63) is 0 Å². The van der Waals surface area contributed by atoms with Gasteiger partial charge in [-0.2, -0.15) is 0 Å². The highest BCUT2D eigenvalue weighted by Gasteiger charge is 2.34. The van der Waals surface area contributed by atoms with Crippen LogP contribution in [-0.4, -0.2) is 56.7 Å². The van der Waals surface area contributed by atoms with E-state index in [4.69, 9.17) is 10.5 Å². The largest absolute Gasteiger partial charge is 0.382 e. The fourth-order valence-corrected chi connectivity index (χ4v) is 4.38. The van der Waals surface area contributed by atoms with Gasteiger partial charge in [-0.3, -0.25) is 9.79 Å². The number of aliphatic imine (C=N–C) groups is 1. The summed E-state index contributed by atoms with van der Waals surface area (Å²) in [7, 11) is 1.85. The molecule has 2 aliphatic rings. The number of piperidine rings is 1. The van der Waals surface area contributed by atoms with Gasteiger partial charge in [0, 0.05) is 46.3 Å². The number of carbonyl (C=O) groups excluding carboxylic acids is 1. The van der Waals surface area contributed by atoms with Crippen LogP contribution in [0, 0.1) is 11.3 Å². The molecular formula is C19H36N4O2. The molecule has 1 aliphatic carbocycles. The fourth-order valence-electron chi connectivity index (χ4n) is 4.38. The lowest BCUT2D eigenvalue weighted by Crippen LogP contribution is -2.49.